The largest absolute Gasteiger partial charge is 0.416 e. The lowest BCUT2D eigenvalue weighted by molar-refractivity contribution is -0.137. The zero-order valence-corrected chi connectivity index (χ0v) is 14.1. The highest BCUT2D eigenvalue weighted by molar-refractivity contribution is 5.99. The molecule has 0 aliphatic rings. The summed E-state index contributed by atoms with van der Waals surface area (Å²) in [5.74, 6) is 0.190. The van der Waals surface area contributed by atoms with Crippen LogP contribution in [-0.4, -0.2) is 15.9 Å². The SMILES string of the molecule is CC(=O)Nc1cccc2[nH]c(NC(C)c3cccc(C(F)(F)F)c3)nc12. The molecule has 1 amide bonds. The normalized spacial score (nSPS) is 12.8. The van der Waals surface area contributed by atoms with Gasteiger partial charge in [0.1, 0.15) is 5.52 Å². The summed E-state index contributed by atoms with van der Waals surface area (Å²) >= 11 is 0. The van der Waals surface area contributed by atoms with Crippen LogP contribution in [0.15, 0.2) is 42.5 Å². The second-order valence-electron chi connectivity index (χ2n) is 5.96. The Hall–Kier alpha value is -3.03. The number of alkyl halides is 3. The smallest absolute Gasteiger partial charge is 0.349 e. The van der Waals surface area contributed by atoms with E-state index in [1.807, 2.05) is 0 Å². The fraction of sp³-hybridized carbons (Fsp3) is 0.222. The van der Waals surface area contributed by atoms with Crippen LogP contribution < -0.4 is 10.6 Å². The number of benzene rings is 2. The van der Waals surface area contributed by atoms with E-state index in [0.29, 0.717) is 28.2 Å². The van der Waals surface area contributed by atoms with E-state index >= 15 is 0 Å². The lowest BCUT2D eigenvalue weighted by Gasteiger charge is -2.15. The summed E-state index contributed by atoms with van der Waals surface area (Å²) in [5.41, 5.74) is 1.63. The minimum Gasteiger partial charge on any atom is -0.349 e. The lowest BCUT2D eigenvalue weighted by Crippen LogP contribution is -2.10. The van der Waals surface area contributed by atoms with E-state index < -0.39 is 17.8 Å². The minimum absolute atomic E-state index is 0.215. The fourth-order valence-electron chi connectivity index (χ4n) is 2.66. The summed E-state index contributed by atoms with van der Waals surface area (Å²) in [6, 6.07) is 10.1. The van der Waals surface area contributed by atoms with E-state index in [1.54, 1.807) is 31.2 Å². The van der Waals surface area contributed by atoms with Crippen LogP contribution in [0.25, 0.3) is 11.0 Å². The highest BCUT2D eigenvalue weighted by atomic mass is 19.4. The Morgan fingerprint density at radius 3 is 2.62 bits per heavy atom. The number of aromatic nitrogens is 2. The summed E-state index contributed by atoms with van der Waals surface area (Å²) in [6.07, 6.45) is -4.39. The Kier molecular flexibility index (Phi) is 4.58. The highest BCUT2D eigenvalue weighted by Gasteiger charge is 2.30. The number of nitrogens with one attached hydrogen (secondary N) is 3. The molecule has 0 saturated heterocycles. The number of nitrogens with zero attached hydrogens (tertiary/aromatic N) is 1. The van der Waals surface area contributed by atoms with Crippen LogP contribution >= 0.6 is 0 Å². The van der Waals surface area contributed by atoms with Gasteiger partial charge in [-0.2, -0.15) is 13.2 Å². The number of amides is 1. The van der Waals surface area contributed by atoms with Crippen LogP contribution in [0.5, 0.6) is 0 Å². The molecule has 0 bridgehead atoms. The number of anilines is 2. The number of imidazole rings is 1. The number of halogens is 3. The van der Waals surface area contributed by atoms with E-state index in [1.165, 1.54) is 13.0 Å². The molecular weight excluding hydrogens is 345 g/mol. The molecule has 0 saturated carbocycles. The molecule has 3 rings (SSSR count). The quantitative estimate of drug-likeness (QED) is 0.629. The van der Waals surface area contributed by atoms with E-state index in [4.69, 9.17) is 0 Å². The van der Waals surface area contributed by atoms with Crippen molar-refractivity contribution in [2.45, 2.75) is 26.1 Å². The lowest BCUT2D eigenvalue weighted by atomic mass is 10.1. The van der Waals surface area contributed by atoms with Gasteiger partial charge in [-0.1, -0.05) is 18.2 Å². The molecule has 5 nitrogen and oxygen atoms in total. The summed E-state index contributed by atoms with van der Waals surface area (Å²) in [5, 5.41) is 5.76. The van der Waals surface area contributed by atoms with Crippen LogP contribution in [0.1, 0.15) is 31.0 Å². The molecule has 1 heterocycles. The third kappa shape index (κ3) is 3.79. The third-order valence-electron chi connectivity index (χ3n) is 3.89. The van der Waals surface area contributed by atoms with Crippen LogP contribution in [0.2, 0.25) is 0 Å². The molecular formula is C18H17F3N4O. The molecule has 2 aromatic carbocycles. The summed E-state index contributed by atoms with van der Waals surface area (Å²) in [4.78, 5) is 18.7. The molecule has 136 valence electrons. The second kappa shape index (κ2) is 6.70. The molecule has 1 atom stereocenters. The Balaban J connectivity index is 1.86. The molecule has 3 aromatic rings. The van der Waals surface area contributed by atoms with Gasteiger partial charge in [0.25, 0.3) is 0 Å². The van der Waals surface area contributed by atoms with Crippen molar-refractivity contribution in [2.75, 3.05) is 10.6 Å². The highest BCUT2D eigenvalue weighted by Crippen LogP contribution is 2.31. The number of para-hydroxylation sites is 1. The van der Waals surface area contributed by atoms with Crippen molar-refractivity contribution >= 4 is 28.6 Å². The van der Waals surface area contributed by atoms with Crippen molar-refractivity contribution < 1.29 is 18.0 Å². The molecule has 1 unspecified atom stereocenters. The van der Waals surface area contributed by atoms with Gasteiger partial charge < -0.3 is 15.6 Å². The van der Waals surface area contributed by atoms with Gasteiger partial charge in [0.15, 0.2) is 0 Å². The zero-order chi connectivity index (χ0) is 18.9. The topological polar surface area (TPSA) is 69.8 Å². The summed E-state index contributed by atoms with van der Waals surface area (Å²) in [7, 11) is 0. The van der Waals surface area contributed by atoms with Crippen molar-refractivity contribution in [3.63, 3.8) is 0 Å². The number of hydrogen-bond donors (Lipinski definition) is 3. The van der Waals surface area contributed by atoms with Crippen LogP contribution in [0.3, 0.4) is 0 Å². The van der Waals surface area contributed by atoms with E-state index in [0.717, 1.165) is 12.1 Å². The van der Waals surface area contributed by atoms with Crippen molar-refractivity contribution in [2.24, 2.45) is 0 Å². The maximum absolute atomic E-state index is 12.9. The molecule has 0 aliphatic heterocycles. The number of rotatable bonds is 4. The zero-order valence-electron chi connectivity index (χ0n) is 14.1. The Morgan fingerprint density at radius 2 is 1.92 bits per heavy atom. The summed E-state index contributed by atoms with van der Waals surface area (Å²) in [6.45, 7) is 3.15. The van der Waals surface area contributed by atoms with Crippen molar-refractivity contribution in [3.05, 3.63) is 53.6 Å². The molecule has 0 fully saturated rings. The first-order valence-corrected chi connectivity index (χ1v) is 7.94. The Bertz CT molecular complexity index is 949. The maximum Gasteiger partial charge on any atom is 0.416 e. The van der Waals surface area contributed by atoms with Gasteiger partial charge in [-0.3, -0.25) is 4.79 Å². The van der Waals surface area contributed by atoms with E-state index in [-0.39, 0.29) is 5.91 Å². The number of fused-ring (bicyclic) bond motifs is 1. The van der Waals surface area contributed by atoms with Gasteiger partial charge in [-0.15, -0.1) is 0 Å². The van der Waals surface area contributed by atoms with Gasteiger partial charge in [-0.05, 0) is 36.8 Å². The molecule has 1 aromatic heterocycles. The first-order valence-electron chi connectivity index (χ1n) is 7.94. The predicted octanol–water partition coefficient (Wildman–Crippen LogP) is 4.71. The number of carbonyl (C=O) groups excluding carboxylic acids is 1. The first kappa shape index (κ1) is 17.8. The van der Waals surface area contributed by atoms with Gasteiger partial charge in [0.2, 0.25) is 11.9 Å². The fourth-order valence-corrected chi connectivity index (χ4v) is 2.66. The average Bonchev–Trinajstić information content (AvgIpc) is 2.97. The van der Waals surface area contributed by atoms with Crippen LogP contribution in [0, 0.1) is 0 Å². The molecule has 3 N–H and O–H groups in total. The monoisotopic (exact) mass is 362 g/mol. The molecule has 26 heavy (non-hydrogen) atoms. The number of carbonyl (C=O) groups is 1. The number of H-pyrrole nitrogens is 1. The first-order chi connectivity index (χ1) is 12.2. The van der Waals surface area contributed by atoms with Gasteiger partial charge in [0.05, 0.1) is 22.8 Å². The van der Waals surface area contributed by atoms with Crippen molar-refractivity contribution in [1.29, 1.82) is 0 Å². The molecule has 0 aliphatic carbocycles. The van der Waals surface area contributed by atoms with Crippen LogP contribution in [-0.2, 0) is 11.0 Å². The van der Waals surface area contributed by atoms with Gasteiger partial charge >= 0.3 is 6.18 Å². The number of hydrogen-bond acceptors (Lipinski definition) is 3. The van der Waals surface area contributed by atoms with Crippen molar-refractivity contribution in [3.8, 4) is 0 Å². The number of aromatic amines is 1. The van der Waals surface area contributed by atoms with E-state index in [2.05, 4.69) is 20.6 Å². The minimum atomic E-state index is -4.39. The second-order valence-corrected chi connectivity index (χ2v) is 5.96. The molecule has 0 radical (unpaired) electrons. The average molecular weight is 362 g/mol. The van der Waals surface area contributed by atoms with Crippen LogP contribution in [0.4, 0.5) is 24.8 Å². The molecule has 8 heteroatoms. The van der Waals surface area contributed by atoms with Gasteiger partial charge in [-0.25, -0.2) is 4.98 Å². The van der Waals surface area contributed by atoms with E-state index in [9.17, 15) is 18.0 Å². The van der Waals surface area contributed by atoms with Gasteiger partial charge in [0, 0.05) is 6.92 Å². The predicted molar refractivity (Wildman–Crippen MR) is 93.9 cm³/mol. The summed E-state index contributed by atoms with van der Waals surface area (Å²) < 4.78 is 38.6. The third-order valence-corrected chi connectivity index (χ3v) is 3.89. The molecule has 0 spiro atoms. The van der Waals surface area contributed by atoms with Crippen molar-refractivity contribution in [1.82, 2.24) is 9.97 Å². The Labute approximate surface area is 147 Å². The Morgan fingerprint density at radius 1 is 1.19 bits per heavy atom. The maximum atomic E-state index is 12.9. The standard InChI is InChI=1S/C18H17F3N4O/c1-10(12-5-3-6-13(9-12)18(19,20)21)22-17-24-15-8-4-7-14(16(15)25-17)23-11(2)26/h3-10H,1-2H3,(H,23,26)(H2,22,24,25).